The highest BCUT2D eigenvalue weighted by molar-refractivity contribution is 7.88. The standard InChI is InChI=1S/C18H24N2O4S/c19-18(21)16-7-6-14(12-17(16)15-4-2-1-3-5-15)13-25(22,23)20-8-10-24-11-9-20/h4,6-7,12H,1-3,5,8-11,13H2,(H2,19,21). The third-order valence-electron chi connectivity index (χ3n) is 4.70. The van der Waals surface area contributed by atoms with Crippen molar-refractivity contribution in [3.8, 4) is 0 Å². The number of carbonyl (C=O) groups excluding carboxylic acids is 1. The minimum atomic E-state index is -3.40. The number of hydrogen-bond acceptors (Lipinski definition) is 4. The van der Waals surface area contributed by atoms with Crippen LogP contribution in [0.5, 0.6) is 0 Å². The van der Waals surface area contributed by atoms with Gasteiger partial charge in [-0.25, -0.2) is 8.42 Å². The molecule has 0 unspecified atom stereocenters. The van der Waals surface area contributed by atoms with Crippen LogP contribution in [0.2, 0.25) is 0 Å². The number of ether oxygens (including phenoxy) is 1. The molecule has 1 aliphatic heterocycles. The summed E-state index contributed by atoms with van der Waals surface area (Å²) >= 11 is 0. The van der Waals surface area contributed by atoms with Gasteiger partial charge in [-0.05, 0) is 54.5 Å². The number of allylic oxidation sites excluding steroid dienone is 2. The van der Waals surface area contributed by atoms with Gasteiger partial charge < -0.3 is 10.5 Å². The van der Waals surface area contributed by atoms with Crippen molar-refractivity contribution in [2.24, 2.45) is 5.73 Å². The van der Waals surface area contributed by atoms with E-state index in [0.29, 0.717) is 37.4 Å². The molecule has 0 atom stereocenters. The molecule has 0 bridgehead atoms. The maximum absolute atomic E-state index is 12.6. The van der Waals surface area contributed by atoms with E-state index in [1.165, 1.54) is 4.31 Å². The molecule has 1 heterocycles. The van der Waals surface area contributed by atoms with Gasteiger partial charge in [0.05, 0.1) is 19.0 Å². The second kappa shape index (κ2) is 7.68. The van der Waals surface area contributed by atoms with Crippen molar-refractivity contribution in [3.63, 3.8) is 0 Å². The molecule has 2 N–H and O–H groups in total. The predicted octanol–water partition coefficient (Wildman–Crippen LogP) is 1.90. The summed E-state index contributed by atoms with van der Waals surface area (Å²) in [7, 11) is -3.40. The van der Waals surface area contributed by atoms with E-state index in [4.69, 9.17) is 10.5 Å². The predicted molar refractivity (Wildman–Crippen MR) is 96.4 cm³/mol. The van der Waals surface area contributed by atoms with Crippen LogP contribution in [0.1, 0.15) is 47.2 Å². The zero-order valence-electron chi connectivity index (χ0n) is 14.2. The summed E-state index contributed by atoms with van der Waals surface area (Å²) in [5, 5.41) is 0. The Morgan fingerprint density at radius 3 is 2.60 bits per heavy atom. The molecule has 0 aromatic heterocycles. The highest BCUT2D eigenvalue weighted by atomic mass is 32.2. The first-order chi connectivity index (χ1) is 12.0. The number of carbonyl (C=O) groups is 1. The number of nitrogens with zero attached hydrogens (tertiary/aromatic N) is 1. The number of hydrogen-bond donors (Lipinski definition) is 1. The molecule has 1 amide bonds. The van der Waals surface area contributed by atoms with E-state index in [1.54, 1.807) is 12.1 Å². The van der Waals surface area contributed by atoms with E-state index in [0.717, 1.165) is 36.8 Å². The lowest BCUT2D eigenvalue weighted by atomic mass is 9.89. The van der Waals surface area contributed by atoms with Crippen LogP contribution in [-0.2, 0) is 20.5 Å². The average Bonchev–Trinajstić information content (AvgIpc) is 2.62. The summed E-state index contributed by atoms with van der Waals surface area (Å²) in [4.78, 5) is 11.8. The van der Waals surface area contributed by atoms with Crippen LogP contribution in [0.25, 0.3) is 5.57 Å². The van der Waals surface area contributed by atoms with Gasteiger partial charge in [0.1, 0.15) is 0 Å². The van der Waals surface area contributed by atoms with Crippen molar-refractivity contribution in [1.29, 1.82) is 0 Å². The van der Waals surface area contributed by atoms with E-state index >= 15 is 0 Å². The third kappa shape index (κ3) is 4.29. The lowest BCUT2D eigenvalue weighted by molar-refractivity contribution is 0.0729. The van der Waals surface area contributed by atoms with Crippen molar-refractivity contribution in [1.82, 2.24) is 4.31 Å². The molecular weight excluding hydrogens is 340 g/mol. The Morgan fingerprint density at radius 2 is 1.96 bits per heavy atom. The van der Waals surface area contributed by atoms with E-state index < -0.39 is 15.9 Å². The quantitative estimate of drug-likeness (QED) is 0.864. The topological polar surface area (TPSA) is 89.7 Å². The maximum atomic E-state index is 12.6. The Hall–Kier alpha value is -1.70. The van der Waals surface area contributed by atoms with Crippen molar-refractivity contribution in [3.05, 3.63) is 41.0 Å². The average molecular weight is 364 g/mol. The lowest BCUT2D eigenvalue weighted by Crippen LogP contribution is -2.41. The highest BCUT2D eigenvalue weighted by Gasteiger charge is 2.25. The van der Waals surface area contributed by atoms with E-state index in [-0.39, 0.29) is 5.75 Å². The van der Waals surface area contributed by atoms with Gasteiger partial charge in [0, 0.05) is 18.7 Å². The molecule has 6 nitrogen and oxygen atoms in total. The zero-order chi connectivity index (χ0) is 17.9. The normalized spacial score (nSPS) is 19.4. The molecule has 25 heavy (non-hydrogen) atoms. The number of morpholine rings is 1. The van der Waals surface area contributed by atoms with Crippen LogP contribution in [0, 0.1) is 0 Å². The summed E-state index contributed by atoms with van der Waals surface area (Å²) in [6, 6.07) is 5.15. The first-order valence-electron chi connectivity index (χ1n) is 8.65. The van der Waals surface area contributed by atoms with Gasteiger partial charge in [0.25, 0.3) is 0 Å². The first-order valence-corrected chi connectivity index (χ1v) is 10.3. The van der Waals surface area contributed by atoms with Gasteiger partial charge in [-0.3, -0.25) is 4.79 Å². The molecule has 7 heteroatoms. The minimum Gasteiger partial charge on any atom is -0.379 e. The third-order valence-corrected chi connectivity index (χ3v) is 6.55. The van der Waals surface area contributed by atoms with Gasteiger partial charge in [0.15, 0.2) is 0 Å². The largest absolute Gasteiger partial charge is 0.379 e. The summed E-state index contributed by atoms with van der Waals surface area (Å²) in [6.07, 6.45) is 6.20. The number of sulfonamides is 1. The molecule has 136 valence electrons. The molecule has 2 aliphatic rings. The molecule has 1 aromatic carbocycles. The molecular formula is C18H24N2O4S. The molecule has 0 saturated carbocycles. The van der Waals surface area contributed by atoms with Crippen LogP contribution < -0.4 is 5.73 Å². The molecule has 1 fully saturated rings. The Labute approximate surface area is 148 Å². The van der Waals surface area contributed by atoms with Gasteiger partial charge >= 0.3 is 0 Å². The molecule has 1 saturated heterocycles. The Morgan fingerprint density at radius 1 is 1.20 bits per heavy atom. The number of nitrogens with two attached hydrogens (primary N) is 1. The minimum absolute atomic E-state index is 0.0771. The van der Waals surface area contributed by atoms with E-state index in [1.807, 2.05) is 6.07 Å². The lowest BCUT2D eigenvalue weighted by Gasteiger charge is -2.26. The summed E-state index contributed by atoms with van der Waals surface area (Å²) in [6.45, 7) is 1.63. The van der Waals surface area contributed by atoms with Crippen LogP contribution in [0.15, 0.2) is 24.3 Å². The van der Waals surface area contributed by atoms with Crippen molar-refractivity contribution in [2.75, 3.05) is 26.3 Å². The van der Waals surface area contributed by atoms with Crippen molar-refractivity contribution in [2.45, 2.75) is 31.4 Å². The summed E-state index contributed by atoms with van der Waals surface area (Å²) in [5.74, 6) is -0.559. The van der Waals surface area contributed by atoms with Gasteiger partial charge in [0.2, 0.25) is 15.9 Å². The summed E-state index contributed by atoms with van der Waals surface area (Å²) < 4.78 is 31.9. The zero-order valence-corrected chi connectivity index (χ0v) is 15.1. The van der Waals surface area contributed by atoms with Crippen LogP contribution >= 0.6 is 0 Å². The number of amides is 1. The Balaban J connectivity index is 1.89. The summed E-state index contributed by atoms with van der Waals surface area (Å²) in [5.41, 5.74) is 8.51. The van der Waals surface area contributed by atoms with Crippen LogP contribution in [0.3, 0.4) is 0 Å². The molecule has 0 spiro atoms. The van der Waals surface area contributed by atoms with Gasteiger partial charge in [-0.2, -0.15) is 4.31 Å². The Bertz CT molecular complexity index is 780. The van der Waals surface area contributed by atoms with Crippen LogP contribution in [0.4, 0.5) is 0 Å². The first kappa shape index (κ1) is 18.1. The van der Waals surface area contributed by atoms with Crippen molar-refractivity contribution >= 4 is 21.5 Å². The highest BCUT2D eigenvalue weighted by Crippen LogP contribution is 2.30. The smallest absolute Gasteiger partial charge is 0.249 e. The fourth-order valence-electron chi connectivity index (χ4n) is 3.37. The van der Waals surface area contributed by atoms with Crippen LogP contribution in [-0.4, -0.2) is 44.9 Å². The molecule has 1 aliphatic carbocycles. The molecule has 1 aromatic rings. The monoisotopic (exact) mass is 364 g/mol. The fourth-order valence-corrected chi connectivity index (χ4v) is 4.86. The van der Waals surface area contributed by atoms with Gasteiger partial charge in [-0.1, -0.05) is 12.1 Å². The van der Waals surface area contributed by atoms with E-state index in [2.05, 4.69) is 6.08 Å². The maximum Gasteiger partial charge on any atom is 0.249 e. The number of primary amides is 1. The second-order valence-electron chi connectivity index (χ2n) is 6.49. The molecule has 0 radical (unpaired) electrons. The second-order valence-corrected chi connectivity index (χ2v) is 8.46. The fraction of sp³-hybridized carbons (Fsp3) is 0.500. The Kier molecular flexibility index (Phi) is 5.56. The van der Waals surface area contributed by atoms with Gasteiger partial charge in [-0.15, -0.1) is 0 Å². The van der Waals surface area contributed by atoms with E-state index in [9.17, 15) is 13.2 Å². The number of rotatable bonds is 5. The van der Waals surface area contributed by atoms with Crippen molar-refractivity contribution < 1.29 is 17.9 Å². The molecule has 3 rings (SSSR count). The number of benzene rings is 1. The SMILES string of the molecule is NC(=O)c1ccc(CS(=O)(=O)N2CCOCC2)cc1C1=CCCCC1.